The summed E-state index contributed by atoms with van der Waals surface area (Å²) < 4.78 is 29.4. The quantitative estimate of drug-likeness (QED) is 0.154. The lowest BCUT2D eigenvalue weighted by molar-refractivity contribution is -0.147. The summed E-state index contributed by atoms with van der Waals surface area (Å²) in [6.45, 7) is 3.44. The molecule has 3 atom stereocenters. The fraction of sp³-hybridized carbons (Fsp3) is 0.618. The van der Waals surface area contributed by atoms with Crippen LogP contribution in [-0.4, -0.2) is 108 Å². The molecule has 0 spiro atoms. The van der Waals surface area contributed by atoms with Crippen molar-refractivity contribution in [3.05, 3.63) is 41.7 Å². The lowest BCUT2D eigenvalue weighted by Gasteiger charge is -2.37. The van der Waals surface area contributed by atoms with Crippen LogP contribution in [0.1, 0.15) is 82.0 Å². The molecule has 1 aromatic rings. The first kappa shape index (κ1) is 38.2. The Morgan fingerprint density at radius 2 is 1.73 bits per heavy atom. The second-order valence-corrected chi connectivity index (χ2v) is 16.6. The van der Waals surface area contributed by atoms with Crippen LogP contribution in [0.4, 0.5) is 0 Å². The van der Waals surface area contributed by atoms with Gasteiger partial charge in [0.25, 0.3) is 11.8 Å². The molecule has 0 radical (unpaired) electrons. The Morgan fingerprint density at radius 3 is 2.31 bits per heavy atom. The van der Waals surface area contributed by atoms with Gasteiger partial charge in [0.1, 0.15) is 23.2 Å². The van der Waals surface area contributed by atoms with E-state index in [4.69, 9.17) is 10.5 Å². The Balaban J connectivity index is 1.46. The second kappa shape index (κ2) is 15.3. The number of aliphatic hydroxyl groups is 1. The fourth-order valence-corrected chi connectivity index (χ4v) is 8.14. The Hall–Kier alpha value is -4.06. The number of hydrogen-bond donors (Lipinski definition) is 6. The predicted molar refractivity (Wildman–Crippen MR) is 184 cm³/mol. The predicted octanol–water partition coefficient (Wildman–Crippen LogP) is -0.215. The fourth-order valence-electron chi connectivity index (χ4n) is 7.51. The van der Waals surface area contributed by atoms with Crippen molar-refractivity contribution < 1.29 is 42.2 Å². The summed E-state index contributed by atoms with van der Waals surface area (Å²) in [5.74, 6) is -3.75. The highest BCUT2D eigenvalue weighted by molar-refractivity contribution is 7.90. The Bertz CT molecular complexity index is 1650. The summed E-state index contributed by atoms with van der Waals surface area (Å²) in [6, 6.07) is 2.72. The van der Waals surface area contributed by atoms with E-state index in [1.807, 2.05) is 0 Å². The molecule has 4 aliphatic rings. The van der Waals surface area contributed by atoms with Crippen molar-refractivity contribution in [1.82, 2.24) is 31.5 Å². The Morgan fingerprint density at radius 1 is 1.08 bits per heavy atom. The molecule has 1 aliphatic carbocycles. The number of nitrogens with zero attached hydrogens (tertiary/aromatic N) is 2. The van der Waals surface area contributed by atoms with Crippen LogP contribution in [-0.2, 0) is 33.8 Å². The third kappa shape index (κ3) is 8.71. The van der Waals surface area contributed by atoms with Gasteiger partial charge in [-0.1, -0.05) is 32.1 Å². The maximum absolute atomic E-state index is 14.7. The van der Waals surface area contributed by atoms with Crippen molar-refractivity contribution in [1.29, 1.82) is 0 Å². The van der Waals surface area contributed by atoms with Gasteiger partial charge < -0.3 is 36.5 Å². The topological polar surface area (TPSA) is 230 Å². The van der Waals surface area contributed by atoms with Gasteiger partial charge in [-0.3, -0.25) is 29.0 Å². The first-order valence-corrected chi connectivity index (χ1v) is 19.3. The highest BCUT2D eigenvalue weighted by atomic mass is 32.2. The molecule has 3 heterocycles. The van der Waals surface area contributed by atoms with E-state index in [0.29, 0.717) is 12.1 Å². The maximum atomic E-state index is 14.7. The molecule has 0 aromatic heterocycles. The monoisotopic (exact) mass is 731 g/mol. The van der Waals surface area contributed by atoms with Crippen LogP contribution < -0.4 is 27.3 Å². The van der Waals surface area contributed by atoms with E-state index in [1.165, 1.54) is 29.2 Å². The van der Waals surface area contributed by atoms with Crippen LogP contribution in [0.3, 0.4) is 0 Å². The number of carbonyl (C=O) groups excluding carboxylic acids is 5. The molecule has 1 saturated carbocycles. The van der Waals surface area contributed by atoms with Crippen LogP contribution in [0, 0.1) is 5.92 Å². The SMILES string of the molecule is CC(C)(O)C1=CNNN1[C@H]1C[C@@H](C(=O)NC2(C(=O)C(N)=O)CCOCC2)N(C(=O)[C@@H](CC2CCCCC2)NC(=O)c2ccc(S(C)(=O)=O)cc2)C1. The Kier molecular flexibility index (Phi) is 11.4. The van der Waals surface area contributed by atoms with Crippen molar-refractivity contribution in [2.24, 2.45) is 11.7 Å². The molecule has 4 amide bonds. The maximum Gasteiger partial charge on any atom is 0.287 e. The number of hydrazine groups is 2. The first-order valence-electron chi connectivity index (χ1n) is 17.4. The van der Waals surface area contributed by atoms with Gasteiger partial charge >= 0.3 is 0 Å². The third-order valence-corrected chi connectivity index (χ3v) is 11.4. The molecule has 3 fully saturated rings. The average Bonchev–Trinajstić information content (AvgIpc) is 3.76. The number of likely N-dealkylation sites (tertiary alicyclic amines) is 1. The molecule has 17 heteroatoms. The molecule has 0 bridgehead atoms. The van der Waals surface area contributed by atoms with Crippen molar-refractivity contribution >= 4 is 39.2 Å². The number of rotatable bonds is 12. The van der Waals surface area contributed by atoms with Crippen LogP contribution in [0.5, 0.6) is 0 Å². The van der Waals surface area contributed by atoms with Crippen LogP contribution in [0.15, 0.2) is 41.1 Å². The summed E-state index contributed by atoms with van der Waals surface area (Å²) >= 11 is 0. The zero-order valence-corrected chi connectivity index (χ0v) is 30.1. The highest BCUT2D eigenvalue weighted by Gasteiger charge is 2.50. The van der Waals surface area contributed by atoms with Gasteiger partial charge in [-0.15, -0.1) is 5.53 Å². The molecule has 2 saturated heterocycles. The summed E-state index contributed by atoms with van der Waals surface area (Å²) in [5.41, 5.74) is 8.98. The minimum atomic E-state index is -3.49. The van der Waals surface area contributed by atoms with E-state index in [1.54, 1.807) is 25.1 Å². The number of nitrogens with one attached hydrogen (secondary N) is 4. The zero-order valence-electron chi connectivity index (χ0n) is 29.3. The van der Waals surface area contributed by atoms with Crippen molar-refractivity contribution in [3.8, 4) is 0 Å². The lowest BCUT2D eigenvalue weighted by Crippen LogP contribution is -2.64. The summed E-state index contributed by atoms with van der Waals surface area (Å²) in [4.78, 5) is 69.2. The van der Waals surface area contributed by atoms with Gasteiger partial charge in [0, 0.05) is 57.0 Å². The number of primary amides is 1. The van der Waals surface area contributed by atoms with E-state index in [-0.39, 0.29) is 55.4 Å². The second-order valence-electron chi connectivity index (χ2n) is 14.6. The molecule has 5 rings (SSSR count). The van der Waals surface area contributed by atoms with E-state index in [2.05, 4.69) is 21.6 Å². The summed E-state index contributed by atoms with van der Waals surface area (Å²) in [7, 11) is -3.49. The van der Waals surface area contributed by atoms with Crippen LogP contribution in [0.2, 0.25) is 0 Å². The molecule has 16 nitrogen and oxygen atoms in total. The minimum absolute atomic E-state index is 0.0129. The third-order valence-electron chi connectivity index (χ3n) is 10.3. The minimum Gasteiger partial charge on any atom is -0.384 e. The van der Waals surface area contributed by atoms with Gasteiger partial charge in [0.2, 0.25) is 17.6 Å². The molecule has 280 valence electrons. The summed E-state index contributed by atoms with van der Waals surface area (Å²) in [5, 5.41) is 18.2. The van der Waals surface area contributed by atoms with Crippen LogP contribution in [0.25, 0.3) is 0 Å². The molecular formula is C34H49N7O9S. The molecular weight excluding hydrogens is 682 g/mol. The van der Waals surface area contributed by atoms with Crippen molar-refractivity contribution in [2.45, 2.75) is 106 Å². The number of ketones is 1. The van der Waals surface area contributed by atoms with Gasteiger partial charge in [0.15, 0.2) is 9.84 Å². The van der Waals surface area contributed by atoms with Gasteiger partial charge in [-0.25, -0.2) is 8.42 Å². The first-order chi connectivity index (χ1) is 24.0. The average molecular weight is 732 g/mol. The standard InChI is InChI=1S/C34H49N7O9S/c1-33(2,47)27-19-36-39-41(27)23-18-26(31(45)38-34(28(42)29(35)43)13-15-50-16-14-34)40(20-23)32(46)25(17-21-7-5-4-6-8-21)37-30(44)22-9-11-24(12-10-22)51(3,48)49/h9-12,19,21,23,25-26,36,39,47H,4-8,13-18,20H2,1-3H3,(H2,35,43)(H,37,44)(H,38,45)/t23-,25+,26-/m0/s1. The number of amides is 4. The summed E-state index contributed by atoms with van der Waals surface area (Å²) in [6.07, 6.45) is 7.90. The van der Waals surface area contributed by atoms with E-state index in [0.717, 1.165) is 38.4 Å². The molecule has 3 aliphatic heterocycles. The van der Waals surface area contributed by atoms with Gasteiger partial charge in [0.05, 0.1) is 16.6 Å². The number of nitrogens with two attached hydrogens (primary N) is 1. The molecule has 7 N–H and O–H groups in total. The number of sulfone groups is 1. The van der Waals surface area contributed by atoms with Crippen molar-refractivity contribution in [3.63, 3.8) is 0 Å². The largest absolute Gasteiger partial charge is 0.384 e. The van der Waals surface area contributed by atoms with E-state index < -0.39 is 68.5 Å². The molecule has 51 heavy (non-hydrogen) atoms. The number of carbonyl (C=O) groups is 5. The van der Waals surface area contributed by atoms with E-state index >= 15 is 0 Å². The zero-order chi connectivity index (χ0) is 37.1. The lowest BCUT2D eigenvalue weighted by atomic mass is 9.84. The van der Waals surface area contributed by atoms with E-state index in [9.17, 15) is 37.5 Å². The van der Waals surface area contributed by atoms with Gasteiger partial charge in [-0.2, -0.15) is 0 Å². The molecule has 1 aromatic carbocycles. The number of ether oxygens (including phenoxy) is 1. The highest BCUT2D eigenvalue weighted by Crippen LogP contribution is 2.33. The van der Waals surface area contributed by atoms with Crippen LogP contribution >= 0.6 is 0 Å². The molecule has 0 unspecified atom stereocenters. The Labute approximate surface area is 297 Å². The smallest absolute Gasteiger partial charge is 0.287 e. The van der Waals surface area contributed by atoms with Gasteiger partial charge in [-0.05, 0) is 50.5 Å². The number of hydrogen-bond acceptors (Lipinski definition) is 12. The number of benzene rings is 1. The normalized spacial score (nSPS) is 23.2. The number of Topliss-reactive ketones (excluding diaryl/α,β-unsaturated/α-hetero) is 1. The van der Waals surface area contributed by atoms with Crippen molar-refractivity contribution in [2.75, 3.05) is 26.0 Å².